The summed E-state index contributed by atoms with van der Waals surface area (Å²) in [6.07, 6.45) is 5.55. The smallest absolute Gasteiger partial charge is 0.308 e. The summed E-state index contributed by atoms with van der Waals surface area (Å²) in [7, 11) is 0. The molecule has 45 heavy (non-hydrogen) atoms. The molecule has 0 bridgehead atoms. The van der Waals surface area contributed by atoms with E-state index in [0.29, 0.717) is 12.5 Å². The number of pyridine rings is 1. The van der Waals surface area contributed by atoms with Gasteiger partial charge in [0.15, 0.2) is 4.90 Å². The molecule has 3 heterocycles. The third-order valence-electron chi connectivity index (χ3n) is 8.92. The van der Waals surface area contributed by atoms with Gasteiger partial charge in [0.2, 0.25) is 5.88 Å². The first-order valence-electron chi connectivity index (χ1n) is 15.9. The highest BCUT2D eigenvalue weighted by atomic mass is 32.2. The number of aryl methyl sites for hydroxylation is 1. The van der Waals surface area contributed by atoms with E-state index in [-0.39, 0.29) is 23.7 Å². The van der Waals surface area contributed by atoms with E-state index in [1.165, 1.54) is 5.56 Å². The number of fused-ring (bicyclic) bond motifs is 1. The molecule has 0 spiro atoms. The molecule has 6 rings (SSSR count). The molecule has 8 nitrogen and oxygen atoms in total. The lowest BCUT2D eigenvalue weighted by Gasteiger charge is -2.27. The highest BCUT2D eigenvalue weighted by Crippen LogP contribution is 2.38. The van der Waals surface area contributed by atoms with E-state index in [2.05, 4.69) is 45.9 Å². The highest BCUT2D eigenvalue weighted by molar-refractivity contribution is 7.90. The molecular weight excluding hydrogens is 582 g/mol. The van der Waals surface area contributed by atoms with Gasteiger partial charge in [-0.05, 0) is 82.7 Å². The molecule has 1 aliphatic carbocycles. The van der Waals surface area contributed by atoms with Crippen LogP contribution in [-0.4, -0.2) is 41.7 Å². The first kappa shape index (κ1) is 31.0. The van der Waals surface area contributed by atoms with Crippen molar-refractivity contribution in [2.75, 3.05) is 6.61 Å². The fourth-order valence-electron chi connectivity index (χ4n) is 6.68. The topological polar surface area (TPSA) is 97.9 Å². The zero-order valence-electron chi connectivity index (χ0n) is 26.7. The molecule has 1 fully saturated rings. The van der Waals surface area contributed by atoms with Crippen LogP contribution >= 0.6 is 0 Å². The molecule has 0 N–H and O–H groups in total. The Morgan fingerprint density at radius 2 is 1.76 bits per heavy atom. The maximum Gasteiger partial charge on any atom is 0.308 e. The predicted molar refractivity (Wildman–Crippen MR) is 178 cm³/mol. The SMILES string of the molecule is CCOC(=O)C1CCC(c2ccc(-n3nc(-c4cccc5nn(C[S+]([O-])c6ccccc6)cc45)c(C(C)C)c3C)c(C)n2)CC1. The Bertz CT molecular complexity index is 1800. The summed E-state index contributed by atoms with van der Waals surface area (Å²) in [6.45, 7) is 10.9. The van der Waals surface area contributed by atoms with Crippen molar-refractivity contribution >= 4 is 28.0 Å². The molecule has 9 heteroatoms. The minimum absolute atomic E-state index is 0.00346. The number of hydrogen-bond donors (Lipinski definition) is 0. The molecule has 0 amide bonds. The third kappa shape index (κ3) is 6.29. The quantitative estimate of drug-likeness (QED) is 0.124. The first-order chi connectivity index (χ1) is 21.7. The summed E-state index contributed by atoms with van der Waals surface area (Å²) >= 11 is -1.21. The second-order valence-corrected chi connectivity index (χ2v) is 13.7. The Labute approximate surface area is 268 Å². The predicted octanol–water partition coefficient (Wildman–Crippen LogP) is 7.63. The number of esters is 1. The highest BCUT2D eigenvalue weighted by Gasteiger charge is 2.29. The third-order valence-corrected chi connectivity index (χ3v) is 10.2. The average molecular weight is 624 g/mol. The van der Waals surface area contributed by atoms with Gasteiger partial charge in [0.1, 0.15) is 0 Å². The van der Waals surface area contributed by atoms with E-state index >= 15 is 0 Å². The minimum Gasteiger partial charge on any atom is -0.610 e. The molecule has 1 aliphatic rings. The number of carbonyl (C=O) groups is 1. The maximum atomic E-state index is 13.0. The Balaban J connectivity index is 1.30. The van der Waals surface area contributed by atoms with Gasteiger partial charge in [-0.1, -0.05) is 44.2 Å². The van der Waals surface area contributed by atoms with Crippen molar-refractivity contribution in [3.8, 4) is 16.9 Å². The van der Waals surface area contributed by atoms with Gasteiger partial charge in [-0.15, -0.1) is 0 Å². The molecule has 0 radical (unpaired) electrons. The van der Waals surface area contributed by atoms with E-state index in [1.807, 2.05) is 60.3 Å². The maximum absolute atomic E-state index is 13.0. The van der Waals surface area contributed by atoms with Crippen LogP contribution < -0.4 is 0 Å². The van der Waals surface area contributed by atoms with Crippen LogP contribution in [0, 0.1) is 19.8 Å². The number of benzene rings is 2. The molecule has 1 saturated carbocycles. The van der Waals surface area contributed by atoms with Crippen LogP contribution in [0.5, 0.6) is 0 Å². The van der Waals surface area contributed by atoms with E-state index < -0.39 is 11.2 Å². The average Bonchev–Trinajstić information content (AvgIpc) is 3.61. The van der Waals surface area contributed by atoms with Gasteiger partial charge in [0, 0.05) is 51.2 Å². The molecular formula is C36H41N5O3S. The molecule has 0 saturated heterocycles. The number of carbonyl (C=O) groups excluding carboxylic acids is 1. The van der Waals surface area contributed by atoms with Gasteiger partial charge in [-0.2, -0.15) is 10.2 Å². The van der Waals surface area contributed by atoms with Crippen LogP contribution in [-0.2, 0) is 26.6 Å². The molecule has 2 aromatic carbocycles. The zero-order valence-corrected chi connectivity index (χ0v) is 27.5. The fourth-order valence-corrected chi connectivity index (χ4v) is 7.66. The minimum atomic E-state index is -1.21. The van der Waals surface area contributed by atoms with E-state index in [0.717, 1.165) is 75.5 Å². The van der Waals surface area contributed by atoms with Crippen LogP contribution in [0.3, 0.4) is 0 Å². The van der Waals surface area contributed by atoms with Crippen molar-refractivity contribution in [3.05, 3.63) is 89.5 Å². The van der Waals surface area contributed by atoms with Crippen molar-refractivity contribution in [2.45, 2.75) is 82.9 Å². The number of hydrogen-bond acceptors (Lipinski definition) is 6. The molecule has 1 unspecified atom stereocenters. The Hall–Kier alpha value is -3.95. The summed E-state index contributed by atoms with van der Waals surface area (Å²) < 4.78 is 22.1. The van der Waals surface area contributed by atoms with Crippen LogP contribution in [0.2, 0.25) is 0 Å². The van der Waals surface area contributed by atoms with Crippen molar-refractivity contribution in [2.24, 2.45) is 5.92 Å². The second kappa shape index (κ2) is 13.2. The summed E-state index contributed by atoms with van der Waals surface area (Å²) in [5.41, 5.74) is 8.03. The summed E-state index contributed by atoms with van der Waals surface area (Å²) in [5.74, 6) is 0.806. The number of nitrogens with zero attached hydrogens (tertiary/aromatic N) is 5. The van der Waals surface area contributed by atoms with Crippen molar-refractivity contribution < 1.29 is 14.1 Å². The van der Waals surface area contributed by atoms with E-state index in [1.54, 1.807) is 4.68 Å². The van der Waals surface area contributed by atoms with Crippen LogP contribution in [0.15, 0.2) is 71.8 Å². The standard InChI is InChI=1S/C36H41N5O3S/c1-6-44-36(42)27-17-15-26(16-18-27)31-19-20-33(24(4)37-31)41-25(5)34(23(2)3)35(39-41)29-13-10-14-32-30(29)21-40(38-32)22-45(43)28-11-8-7-9-12-28/h7-14,19-21,23,26-27H,6,15-18,22H2,1-5H3. The van der Waals surface area contributed by atoms with Crippen molar-refractivity contribution in [1.82, 2.24) is 24.5 Å². The lowest BCUT2D eigenvalue weighted by Crippen LogP contribution is -2.23. The molecule has 234 valence electrons. The van der Waals surface area contributed by atoms with Gasteiger partial charge in [0.25, 0.3) is 0 Å². The molecule has 0 aliphatic heterocycles. The summed E-state index contributed by atoms with van der Waals surface area (Å²) in [5, 5.41) is 11.0. The first-order valence-corrected chi connectivity index (χ1v) is 17.2. The van der Waals surface area contributed by atoms with Crippen LogP contribution in [0.1, 0.15) is 80.9 Å². The Morgan fingerprint density at radius 1 is 1.00 bits per heavy atom. The fraction of sp³-hybridized carbons (Fsp3) is 0.389. The number of aromatic nitrogens is 5. The zero-order chi connectivity index (χ0) is 31.7. The van der Waals surface area contributed by atoms with Crippen molar-refractivity contribution in [1.29, 1.82) is 0 Å². The molecule has 1 atom stereocenters. The lowest BCUT2D eigenvalue weighted by atomic mass is 9.80. The molecule has 3 aromatic heterocycles. The lowest BCUT2D eigenvalue weighted by molar-refractivity contribution is -0.149. The van der Waals surface area contributed by atoms with Crippen molar-refractivity contribution in [3.63, 3.8) is 0 Å². The Kier molecular flexibility index (Phi) is 9.10. The monoisotopic (exact) mass is 623 g/mol. The largest absolute Gasteiger partial charge is 0.610 e. The van der Waals surface area contributed by atoms with Crippen LogP contribution in [0.25, 0.3) is 27.8 Å². The summed E-state index contributed by atoms with van der Waals surface area (Å²) in [4.78, 5) is 18.1. The summed E-state index contributed by atoms with van der Waals surface area (Å²) in [6, 6.07) is 19.9. The van der Waals surface area contributed by atoms with Gasteiger partial charge in [-0.3, -0.25) is 9.78 Å². The van der Waals surface area contributed by atoms with Gasteiger partial charge in [0.05, 0.1) is 35.1 Å². The van der Waals surface area contributed by atoms with E-state index in [4.69, 9.17) is 19.9 Å². The number of rotatable bonds is 9. The van der Waals surface area contributed by atoms with Gasteiger partial charge < -0.3 is 9.29 Å². The Morgan fingerprint density at radius 3 is 2.44 bits per heavy atom. The van der Waals surface area contributed by atoms with Gasteiger partial charge >= 0.3 is 5.97 Å². The van der Waals surface area contributed by atoms with E-state index in [9.17, 15) is 9.35 Å². The molecule has 5 aromatic rings. The van der Waals surface area contributed by atoms with Crippen LogP contribution in [0.4, 0.5) is 0 Å². The van der Waals surface area contributed by atoms with Gasteiger partial charge in [-0.25, -0.2) is 9.36 Å². The normalized spacial score (nSPS) is 17.6. The number of ether oxygens (including phenoxy) is 1. The second-order valence-electron chi connectivity index (χ2n) is 12.3.